The second-order valence-corrected chi connectivity index (χ2v) is 9.37. The number of aliphatic hydroxyl groups excluding tert-OH is 1. The van der Waals surface area contributed by atoms with Crippen LogP contribution >= 0.6 is 0 Å². The van der Waals surface area contributed by atoms with E-state index in [0.29, 0.717) is 29.1 Å². The molecule has 3 nitrogen and oxygen atoms in total. The van der Waals surface area contributed by atoms with Crippen molar-refractivity contribution in [1.29, 1.82) is 0 Å². The van der Waals surface area contributed by atoms with E-state index >= 15 is 0 Å². The molecule has 29 heavy (non-hydrogen) atoms. The highest BCUT2D eigenvalue weighted by atomic mass is 16.5. The van der Waals surface area contributed by atoms with Crippen molar-refractivity contribution in [1.82, 2.24) is 0 Å². The topological polar surface area (TPSA) is 46.5 Å². The van der Waals surface area contributed by atoms with E-state index in [1.807, 2.05) is 38.1 Å². The third-order valence-electron chi connectivity index (χ3n) is 7.86. The maximum absolute atomic E-state index is 12.5. The molecule has 5 unspecified atom stereocenters. The Morgan fingerprint density at radius 3 is 2.86 bits per heavy atom. The Morgan fingerprint density at radius 2 is 2.10 bits per heavy atom. The molecular formula is C26H34O3. The van der Waals surface area contributed by atoms with Crippen molar-refractivity contribution in [3.8, 4) is 5.75 Å². The van der Waals surface area contributed by atoms with Gasteiger partial charge in [0.15, 0.2) is 0 Å². The molecular weight excluding hydrogens is 360 g/mol. The first kappa shape index (κ1) is 20.4. The Labute approximate surface area is 174 Å². The van der Waals surface area contributed by atoms with Gasteiger partial charge in [0.05, 0.1) is 11.7 Å². The van der Waals surface area contributed by atoms with E-state index in [0.717, 1.165) is 32.1 Å². The summed E-state index contributed by atoms with van der Waals surface area (Å²) in [6.45, 7) is 6.24. The second-order valence-electron chi connectivity index (χ2n) is 9.37. The van der Waals surface area contributed by atoms with Gasteiger partial charge in [-0.15, -0.1) is 0 Å². The number of allylic oxidation sites excluding steroid dienone is 2. The Balaban J connectivity index is 1.53. The monoisotopic (exact) mass is 394 g/mol. The van der Waals surface area contributed by atoms with Crippen molar-refractivity contribution in [3.05, 3.63) is 53.1 Å². The predicted molar refractivity (Wildman–Crippen MR) is 116 cm³/mol. The Bertz CT molecular complexity index is 836. The molecule has 3 aliphatic carbocycles. The zero-order valence-electron chi connectivity index (χ0n) is 18.0. The lowest BCUT2D eigenvalue weighted by Gasteiger charge is -2.50. The van der Waals surface area contributed by atoms with E-state index in [1.54, 1.807) is 0 Å². The first-order valence-corrected chi connectivity index (χ1v) is 11.3. The molecule has 0 aliphatic heterocycles. The van der Waals surface area contributed by atoms with Crippen LogP contribution in [-0.4, -0.2) is 17.2 Å². The number of hydrogen-bond acceptors (Lipinski definition) is 3. The maximum Gasteiger partial charge on any atom is 0.343 e. The number of carbonyl (C=O) groups is 1. The summed E-state index contributed by atoms with van der Waals surface area (Å²) in [5.41, 5.74) is 3.51. The summed E-state index contributed by atoms with van der Waals surface area (Å²) in [6, 6.07) is 6.25. The van der Waals surface area contributed by atoms with Gasteiger partial charge in [-0.1, -0.05) is 38.1 Å². The van der Waals surface area contributed by atoms with Crippen molar-refractivity contribution in [2.75, 3.05) is 0 Å². The van der Waals surface area contributed by atoms with Crippen LogP contribution < -0.4 is 4.74 Å². The van der Waals surface area contributed by atoms with E-state index in [9.17, 15) is 9.90 Å². The third kappa shape index (κ3) is 3.59. The minimum Gasteiger partial charge on any atom is -0.423 e. The largest absolute Gasteiger partial charge is 0.423 e. The third-order valence-corrected chi connectivity index (χ3v) is 7.86. The van der Waals surface area contributed by atoms with Gasteiger partial charge in [0.25, 0.3) is 0 Å². The molecule has 2 fully saturated rings. The quantitative estimate of drug-likeness (QED) is 0.307. The number of aliphatic hydroxyl groups is 1. The van der Waals surface area contributed by atoms with Gasteiger partial charge < -0.3 is 9.84 Å². The van der Waals surface area contributed by atoms with Crippen molar-refractivity contribution in [2.45, 2.75) is 77.7 Å². The molecule has 5 atom stereocenters. The molecule has 156 valence electrons. The first-order chi connectivity index (χ1) is 14.0. The van der Waals surface area contributed by atoms with Gasteiger partial charge in [0.2, 0.25) is 0 Å². The Hall–Kier alpha value is -1.87. The highest BCUT2D eigenvalue weighted by molar-refractivity contribution is 5.93. The molecule has 4 rings (SSSR count). The average Bonchev–Trinajstić information content (AvgIpc) is 3.02. The lowest BCUT2D eigenvalue weighted by Crippen LogP contribution is -2.43. The van der Waals surface area contributed by atoms with Gasteiger partial charge in [0, 0.05) is 0 Å². The summed E-state index contributed by atoms with van der Waals surface area (Å²) in [7, 11) is 0. The fourth-order valence-corrected chi connectivity index (χ4v) is 6.38. The molecule has 0 radical (unpaired) electrons. The smallest absolute Gasteiger partial charge is 0.343 e. The van der Waals surface area contributed by atoms with Crippen LogP contribution in [0.4, 0.5) is 0 Å². The van der Waals surface area contributed by atoms with E-state index in [-0.39, 0.29) is 17.5 Å². The lowest BCUT2D eigenvalue weighted by atomic mass is 9.55. The Morgan fingerprint density at radius 1 is 1.28 bits per heavy atom. The van der Waals surface area contributed by atoms with Crippen LogP contribution in [0.5, 0.6) is 5.75 Å². The van der Waals surface area contributed by atoms with Gasteiger partial charge >= 0.3 is 5.97 Å². The number of esters is 1. The van der Waals surface area contributed by atoms with E-state index < -0.39 is 0 Å². The van der Waals surface area contributed by atoms with E-state index in [2.05, 4.69) is 19.1 Å². The van der Waals surface area contributed by atoms with Crippen LogP contribution in [0.25, 0.3) is 0 Å². The van der Waals surface area contributed by atoms with Crippen LogP contribution in [-0.2, 0) is 11.2 Å². The van der Waals surface area contributed by atoms with Crippen LogP contribution in [0.3, 0.4) is 0 Å². The lowest BCUT2D eigenvalue weighted by molar-refractivity contribution is -0.129. The van der Waals surface area contributed by atoms with Crippen molar-refractivity contribution < 1.29 is 14.6 Å². The van der Waals surface area contributed by atoms with Crippen LogP contribution in [0, 0.1) is 17.3 Å². The number of ether oxygens (including phenoxy) is 1. The van der Waals surface area contributed by atoms with Gasteiger partial charge in [-0.2, -0.15) is 0 Å². The zero-order valence-corrected chi connectivity index (χ0v) is 18.0. The molecule has 0 aromatic heterocycles. The maximum atomic E-state index is 12.5. The molecule has 3 heteroatoms. The van der Waals surface area contributed by atoms with Gasteiger partial charge in [-0.3, -0.25) is 0 Å². The highest BCUT2D eigenvalue weighted by Gasteiger charge is 2.54. The summed E-state index contributed by atoms with van der Waals surface area (Å²) in [5, 5.41) is 10.6. The van der Waals surface area contributed by atoms with Crippen LogP contribution in [0.2, 0.25) is 0 Å². The molecule has 3 aliphatic rings. The summed E-state index contributed by atoms with van der Waals surface area (Å²) in [4.78, 5) is 12.5. The molecule has 0 spiro atoms. The fourth-order valence-electron chi connectivity index (χ4n) is 6.38. The van der Waals surface area contributed by atoms with Gasteiger partial charge in [-0.25, -0.2) is 4.79 Å². The summed E-state index contributed by atoms with van der Waals surface area (Å²) >= 11 is 0. The molecule has 1 aromatic carbocycles. The highest BCUT2D eigenvalue weighted by Crippen LogP contribution is 2.60. The molecule has 0 amide bonds. The van der Waals surface area contributed by atoms with Crippen molar-refractivity contribution >= 4 is 5.97 Å². The normalized spacial score (nSPS) is 33.9. The molecule has 1 aromatic rings. The average molecular weight is 395 g/mol. The minimum absolute atomic E-state index is 0.114. The first-order valence-electron chi connectivity index (χ1n) is 11.3. The SMILES string of the molecule is C/C=C\C(=C/CC)C(=O)Oc1ccc2c(c1)CCC1C2CCC2(C)C(O)CCC12. The minimum atomic E-state index is -0.285. The van der Waals surface area contributed by atoms with Crippen LogP contribution in [0.1, 0.15) is 76.3 Å². The number of benzene rings is 1. The zero-order chi connectivity index (χ0) is 20.6. The van der Waals surface area contributed by atoms with Gasteiger partial charge in [0.1, 0.15) is 5.75 Å². The van der Waals surface area contributed by atoms with E-state index in [1.165, 1.54) is 24.0 Å². The fraction of sp³-hybridized carbons (Fsp3) is 0.577. The van der Waals surface area contributed by atoms with Crippen molar-refractivity contribution in [2.24, 2.45) is 17.3 Å². The standard InChI is InChI=1S/C26H34O3/c1-4-6-17(7-5-2)25(28)29-19-9-11-20-18(16-19)8-10-22-21(20)14-15-26(3)23(22)12-13-24(26)27/h4,6-7,9,11,16,21-24,27H,5,8,10,12-15H2,1-3H3/b6-4-,17-7+. The Kier molecular flexibility index (Phi) is 5.70. The van der Waals surface area contributed by atoms with Gasteiger partial charge in [-0.05, 0) is 98.3 Å². The number of rotatable bonds is 4. The number of carbonyl (C=O) groups excluding carboxylic acids is 1. The predicted octanol–water partition coefficient (Wildman–Crippen LogP) is 5.72. The molecule has 2 saturated carbocycles. The summed E-state index contributed by atoms with van der Waals surface area (Å²) in [5.74, 6) is 2.28. The molecule has 0 heterocycles. The number of aryl methyl sites for hydroxylation is 1. The van der Waals surface area contributed by atoms with Crippen molar-refractivity contribution in [3.63, 3.8) is 0 Å². The van der Waals surface area contributed by atoms with E-state index in [4.69, 9.17) is 4.74 Å². The summed E-state index contributed by atoms with van der Waals surface area (Å²) in [6.07, 6.45) is 12.9. The molecule has 1 N–H and O–H groups in total. The second kappa shape index (κ2) is 8.10. The molecule has 0 bridgehead atoms. The number of fused-ring (bicyclic) bond motifs is 5. The molecule has 0 saturated heterocycles. The summed E-state index contributed by atoms with van der Waals surface area (Å²) < 4.78 is 5.69. The van der Waals surface area contributed by atoms with Crippen LogP contribution in [0.15, 0.2) is 42.0 Å². The number of hydrogen-bond donors (Lipinski definition) is 1.